The summed E-state index contributed by atoms with van der Waals surface area (Å²) in [6.45, 7) is 2.09. The number of carbonyl (C=O) groups excluding carboxylic acids is 1. The van der Waals surface area contributed by atoms with Crippen molar-refractivity contribution in [2.24, 2.45) is 0 Å². The lowest BCUT2D eigenvalue weighted by Crippen LogP contribution is -2.15. The molecule has 6 heteroatoms. The van der Waals surface area contributed by atoms with Crippen molar-refractivity contribution in [3.63, 3.8) is 0 Å². The van der Waals surface area contributed by atoms with Crippen LogP contribution in [0.4, 0.5) is 17.2 Å². The number of benzene rings is 2. The Morgan fingerprint density at radius 2 is 1.73 bits per heavy atom. The van der Waals surface area contributed by atoms with E-state index in [4.69, 9.17) is 4.74 Å². The minimum Gasteiger partial charge on any atom is -0.495 e. The molecule has 0 unspecified atom stereocenters. The number of ether oxygens (including phenoxy) is 1. The minimum absolute atomic E-state index is 0.227. The summed E-state index contributed by atoms with van der Waals surface area (Å²) in [7, 11) is 1.55. The van der Waals surface area contributed by atoms with E-state index in [0.29, 0.717) is 17.3 Å². The van der Waals surface area contributed by atoms with Gasteiger partial charge in [-0.3, -0.25) is 4.79 Å². The predicted octanol–water partition coefficient (Wildman–Crippen LogP) is 4.04. The van der Waals surface area contributed by atoms with Crippen LogP contribution in [0.2, 0.25) is 0 Å². The van der Waals surface area contributed by atoms with Gasteiger partial charge in [0.05, 0.1) is 25.2 Å². The Balaban J connectivity index is 1.72. The van der Waals surface area contributed by atoms with E-state index in [-0.39, 0.29) is 11.6 Å². The molecular weight excluding hydrogens is 328 g/mol. The van der Waals surface area contributed by atoms with E-state index in [9.17, 15) is 4.79 Å². The Morgan fingerprint density at radius 3 is 2.42 bits per heavy atom. The molecule has 0 aliphatic rings. The summed E-state index contributed by atoms with van der Waals surface area (Å²) < 4.78 is 5.23. The molecule has 0 bridgehead atoms. The van der Waals surface area contributed by atoms with E-state index < -0.39 is 0 Å². The maximum absolute atomic E-state index is 12.4. The predicted molar refractivity (Wildman–Crippen MR) is 102 cm³/mol. The number of anilines is 3. The second-order valence-corrected chi connectivity index (χ2v) is 5.58. The molecule has 0 fully saturated rings. The monoisotopic (exact) mass is 348 g/mol. The van der Waals surface area contributed by atoms with Crippen molar-refractivity contribution in [2.45, 2.75) is 13.3 Å². The van der Waals surface area contributed by atoms with Crippen LogP contribution in [-0.2, 0) is 6.42 Å². The van der Waals surface area contributed by atoms with Crippen LogP contribution in [-0.4, -0.2) is 23.0 Å². The molecule has 3 rings (SSSR count). The molecular formula is C20H20N4O2. The van der Waals surface area contributed by atoms with Crippen LogP contribution in [0.3, 0.4) is 0 Å². The average molecular weight is 348 g/mol. The molecule has 0 saturated carbocycles. The fourth-order valence-corrected chi connectivity index (χ4v) is 2.53. The van der Waals surface area contributed by atoms with Gasteiger partial charge in [-0.15, -0.1) is 0 Å². The Kier molecular flexibility index (Phi) is 5.43. The zero-order valence-corrected chi connectivity index (χ0v) is 14.7. The first-order valence-corrected chi connectivity index (χ1v) is 8.32. The maximum Gasteiger partial charge on any atom is 0.275 e. The summed E-state index contributed by atoms with van der Waals surface area (Å²) in [6.07, 6.45) is 3.90. The number of methoxy groups -OCH3 is 1. The molecule has 132 valence electrons. The van der Waals surface area contributed by atoms with Gasteiger partial charge in [0.15, 0.2) is 0 Å². The van der Waals surface area contributed by atoms with Crippen LogP contribution in [0.25, 0.3) is 0 Å². The fourth-order valence-electron chi connectivity index (χ4n) is 2.53. The van der Waals surface area contributed by atoms with Crippen LogP contribution >= 0.6 is 0 Å². The summed E-state index contributed by atoms with van der Waals surface area (Å²) in [6, 6.07) is 15.2. The van der Waals surface area contributed by atoms with Crippen LogP contribution in [0.15, 0.2) is 60.9 Å². The van der Waals surface area contributed by atoms with E-state index in [1.807, 2.05) is 30.3 Å². The van der Waals surface area contributed by atoms with Crippen LogP contribution in [0, 0.1) is 0 Å². The minimum atomic E-state index is -0.345. The molecule has 0 aliphatic carbocycles. The number of para-hydroxylation sites is 3. The van der Waals surface area contributed by atoms with Crippen molar-refractivity contribution in [3.05, 3.63) is 72.2 Å². The average Bonchev–Trinajstić information content (AvgIpc) is 2.69. The summed E-state index contributed by atoms with van der Waals surface area (Å²) in [4.78, 5) is 20.9. The van der Waals surface area contributed by atoms with Gasteiger partial charge in [-0.2, -0.15) is 0 Å². The van der Waals surface area contributed by atoms with Crippen LogP contribution in [0.5, 0.6) is 5.75 Å². The molecule has 3 aromatic rings. The number of amides is 1. The molecule has 6 nitrogen and oxygen atoms in total. The lowest BCUT2D eigenvalue weighted by Gasteiger charge is -2.11. The molecule has 1 aromatic heterocycles. The first-order chi connectivity index (χ1) is 12.7. The summed E-state index contributed by atoms with van der Waals surface area (Å²) in [5.74, 6) is 0.825. The Labute approximate surface area is 152 Å². The third kappa shape index (κ3) is 3.97. The van der Waals surface area contributed by atoms with Crippen molar-refractivity contribution < 1.29 is 9.53 Å². The van der Waals surface area contributed by atoms with Gasteiger partial charge in [-0.1, -0.05) is 37.3 Å². The number of hydrogen-bond acceptors (Lipinski definition) is 5. The lowest BCUT2D eigenvalue weighted by atomic mass is 10.1. The van der Waals surface area contributed by atoms with Crippen molar-refractivity contribution in [2.75, 3.05) is 17.7 Å². The van der Waals surface area contributed by atoms with Crippen molar-refractivity contribution >= 4 is 23.1 Å². The van der Waals surface area contributed by atoms with Gasteiger partial charge in [0.2, 0.25) is 0 Å². The Bertz CT molecular complexity index is 894. The highest BCUT2D eigenvalue weighted by molar-refractivity contribution is 6.03. The molecule has 1 amide bonds. The van der Waals surface area contributed by atoms with Gasteiger partial charge in [0.1, 0.15) is 17.3 Å². The number of nitrogens with one attached hydrogen (secondary N) is 2. The second kappa shape index (κ2) is 8.11. The van der Waals surface area contributed by atoms with Crippen molar-refractivity contribution in [1.82, 2.24) is 9.97 Å². The standard InChI is InChI=1S/C20H20N4O2/c1-3-14-8-4-5-9-15(14)23-19-13-21-17(12-22-19)20(25)24-16-10-6-7-11-18(16)26-2/h4-13H,3H2,1-2H3,(H,22,23)(H,24,25). The number of aromatic nitrogens is 2. The first kappa shape index (κ1) is 17.4. The summed E-state index contributed by atoms with van der Waals surface area (Å²) in [5.41, 5.74) is 2.98. The molecule has 0 radical (unpaired) electrons. The number of rotatable bonds is 6. The molecule has 2 N–H and O–H groups in total. The zero-order chi connectivity index (χ0) is 18.4. The van der Waals surface area contributed by atoms with Gasteiger partial charge in [0.25, 0.3) is 5.91 Å². The van der Waals surface area contributed by atoms with Crippen molar-refractivity contribution in [3.8, 4) is 5.75 Å². The number of carbonyl (C=O) groups is 1. The molecule has 0 aliphatic heterocycles. The van der Waals surface area contributed by atoms with E-state index in [1.165, 1.54) is 11.8 Å². The van der Waals surface area contributed by atoms with Crippen LogP contribution < -0.4 is 15.4 Å². The zero-order valence-electron chi connectivity index (χ0n) is 14.7. The highest BCUT2D eigenvalue weighted by Gasteiger charge is 2.11. The Hall–Kier alpha value is -3.41. The highest BCUT2D eigenvalue weighted by atomic mass is 16.5. The van der Waals surface area contributed by atoms with E-state index >= 15 is 0 Å². The number of aryl methyl sites for hydroxylation is 1. The molecule has 1 heterocycles. The largest absolute Gasteiger partial charge is 0.495 e. The second-order valence-electron chi connectivity index (χ2n) is 5.58. The first-order valence-electron chi connectivity index (χ1n) is 8.32. The van der Waals surface area contributed by atoms with Gasteiger partial charge in [-0.25, -0.2) is 9.97 Å². The van der Waals surface area contributed by atoms with Gasteiger partial charge in [-0.05, 0) is 30.2 Å². The molecule has 0 spiro atoms. The number of nitrogens with zero attached hydrogens (tertiary/aromatic N) is 2. The molecule has 0 atom stereocenters. The van der Waals surface area contributed by atoms with E-state index in [0.717, 1.165) is 12.1 Å². The summed E-state index contributed by atoms with van der Waals surface area (Å²) >= 11 is 0. The Morgan fingerprint density at radius 1 is 1.00 bits per heavy atom. The summed E-state index contributed by atoms with van der Waals surface area (Å²) in [5, 5.41) is 6.01. The fraction of sp³-hybridized carbons (Fsp3) is 0.150. The quantitative estimate of drug-likeness (QED) is 0.703. The lowest BCUT2D eigenvalue weighted by molar-refractivity contribution is 0.102. The SMILES string of the molecule is CCc1ccccc1Nc1cnc(C(=O)Nc2ccccc2OC)cn1. The highest BCUT2D eigenvalue weighted by Crippen LogP contribution is 2.23. The third-order valence-electron chi connectivity index (χ3n) is 3.90. The number of hydrogen-bond donors (Lipinski definition) is 2. The topological polar surface area (TPSA) is 76.1 Å². The third-order valence-corrected chi connectivity index (χ3v) is 3.90. The van der Waals surface area contributed by atoms with Gasteiger partial charge >= 0.3 is 0 Å². The van der Waals surface area contributed by atoms with Gasteiger partial charge < -0.3 is 15.4 Å². The van der Waals surface area contributed by atoms with E-state index in [2.05, 4.69) is 33.6 Å². The smallest absolute Gasteiger partial charge is 0.275 e. The van der Waals surface area contributed by atoms with Gasteiger partial charge in [0, 0.05) is 5.69 Å². The maximum atomic E-state index is 12.4. The molecule has 26 heavy (non-hydrogen) atoms. The molecule has 0 saturated heterocycles. The van der Waals surface area contributed by atoms with E-state index in [1.54, 1.807) is 25.4 Å². The normalized spacial score (nSPS) is 10.2. The van der Waals surface area contributed by atoms with Crippen molar-refractivity contribution in [1.29, 1.82) is 0 Å². The molecule has 2 aromatic carbocycles. The van der Waals surface area contributed by atoms with Crippen LogP contribution in [0.1, 0.15) is 23.0 Å².